The predicted molar refractivity (Wildman–Crippen MR) is 119 cm³/mol. The Morgan fingerprint density at radius 3 is 2.53 bits per heavy atom. The molecule has 7 nitrogen and oxygen atoms in total. The number of benzene rings is 3. The Labute approximate surface area is 191 Å². The fraction of sp³-hybridized carbons (Fsp3) is 0.125. The molecule has 10 heteroatoms. The van der Waals surface area contributed by atoms with E-state index in [-0.39, 0.29) is 11.1 Å². The van der Waals surface area contributed by atoms with E-state index in [1.807, 2.05) is 0 Å². The van der Waals surface area contributed by atoms with Crippen LogP contribution in [0.25, 0.3) is 22.0 Å². The normalized spacial score (nSPS) is 13.1. The molecule has 5 rings (SSSR count). The first-order valence-electron chi connectivity index (χ1n) is 10.3. The molecule has 4 aromatic rings. The van der Waals surface area contributed by atoms with Gasteiger partial charge in [-0.25, -0.2) is 5.48 Å². The van der Waals surface area contributed by atoms with E-state index in [4.69, 9.17) is 14.7 Å². The topological polar surface area (TPSA) is 95.6 Å². The number of carbonyl (C=O) groups excluding carboxylic acids is 1. The van der Waals surface area contributed by atoms with Crippen molar-refractivity contribution in [1.29, 1.82) is 0 Å². The van der Waals surface area contributed by atoms with Crippen LogP contribution in [0.5, 0.6) is 11.5 Å². The van der Waals surface area contributed by atoms with Gasteiger partial charge in [0.05, 0.1) is 5.56 Å². The summed E-state index contributed by atoms with van der Waals surface area (Å²) in [5, 5.41) is 12.2. The molecule has 1 aliphatic heterocycles. The summed E-state index contributed by atoms with van der Waals surface area (Å²) in [5.41, 5.74) is 2.35. The molecule has 0 bridgehead atoms. The number of H-pyrrole nitrogens is 1. The van der Waals surface area contributed by atoms with Crippen molar-refractivity contribution < 1.29 is 32.6 Å². The third-order valence-electron chi connectivity index (χ3n) is 5.42. The van der Waals surface area contributed by atoms with Crippen LogP contribution in [0.3, 0.4) is 0 Å². The van der Waals surface area contributed by atoms with E-state index in [0.29, 0.717) is 52.7 Å². The SMILES string of the molecule is O=C(NO)c1cccc(Nc2cc3cc(C(F)(F)F)c(-c4ccc5c(c4)OCCO5)cc3[nH]2)c1. The highest BCUT2D eigenvalue weighted by Gasteiger charge is 2.34. The largest absolute Gasteiger partial charge is 0.486 e. The zero-order chi connectivity index (χ0) is 23.9. The summed E-state index contributed by atoms with van der Waals surface area (Å²) >= 11 is 0. The summed E-state index contributed by atoms with van der Waals surface area (Å²) in [4.78, 5) is 14.7. The maximum absolute atomic E-state index is 14.0. The molecule has 3 aromatic carbocycles. The number of amides is 1. The Morgan fingerprint density at radius 2 is 1.76 bits per heavy atom. The Kier molecular flexibility index (Phi) is 5.29. The van der Waals surface area contributed by atoms with Crippen molar-refractivity contribution >= 4 is 28.3 Å². The van der Waals surface area contributed by atoms with Crippen LogP contribution in [-0.4, -0.2) is 29.3 Å². The van der Waals surface area contributed by atoms with E-state index in [0.717, 1.165) is 6.07 Å². The molecule has 0 aliphatic carbocycles. The molecule has 1 aromatic heterocycles. The van der Waals surface area contributed by atoms with Crippen LogP contribution < -0.4 is 20.3 Å². The second kappa shape index (κ2) is 8.31. The quantitative estimate of drug-likeness (QED) is 0.234. The molecule has 34 heavy (non-hydrogen) atoms. The Hall–Kier alpha value is -4.18. The summed E-state index contributed by atoms with van der Waals surface area (Å²) in [6, 6.07) is 15.1. The average Bonchev–Trinajstić information content (AvgIpc) is 3.23. The molecule has 4 N–H and O–H groups in total. The van der Waals surface area contributed by atoms with E-state index in [1.54, 1.807) is 41.9 Å². The summed E-state index contributed by atoms with van der Waals surface area (Å²) in [7, 11) is 0. The number of aromatic nitrogens is 1. The van der Waals surface area contributed by atoms with Gasteiger partial charge >= 0.3 is 6.18 Å². The van der Waals surface area contributed by atoms with Crippen molar-refractivity contribution in [2.45, 2.75) is 6.18 Å². The lowest BCUT2D eigenvalue weighted by Crippen LogP contribution is -2.18. The van der Waals surface area contributed by atoms with Gasteiger partial charge in [0.25, 0.3) is 5.91 Å². The highest BCUT2D eigenvalue weighted by Crippen LogP contribution is 2.42. The number of ether oxygens (including phenoxy) is 2. The molecule has 0 saturated heterocycles. The molecule has 2 heterocycles. The molecule has 0 fully saturated rings. The second-order valence-electron chi connectivity index (χ2n) is 7.67. The van der Waals surface area contributed by atoms with Crippen LogP contribution >= 0.6 is 0 Å². The minimum atomic E-state index is -4.58. The van der Waals surface area contributed by atoms with Crippen LogP contribution in [0.4, 0.5) is 24.7 Å². The van der Waals surface area contributed by atoms with Gasteiger partial charge in [0.1, 0.15) is 19.0 Å². The number of anilines is 2. The van der Waals surface area contributed by atoms with E-state index in [9.17, 15) is 18.0 Å². The summed E-state index contributed by atoms with van der Waals surface area (Å²) in [5.74, 6) is 0.647. The third-order valence-corrected chi connectivity index (χ3v) is 5.42. The van der Waals surface area contributed by atoms with Gasteiger partial charge in [-0.3, -0.25) is 10.0 Å². The number of fused-ring (bicyclic) bond motifs is 2. The van der Waals surface area contributed by atoms with Crippen LogP contribution in [-0.2, 0) is 6.18 Å². The number of rotatable bonds is 4. The molecule has 0 saturated carbocycles. The Bertz CT molecular complexity index is 1400. The van der Waals surface area contributed by atoms with Gasteiger partial charge in [-0.15, -0.1) is 0 Å². The van der Waals surface area contributed by atoms with Crippen molar-refractivity contribution in [3.63, 3.8) is 0 Å². The van der Waals surface area contributed by atoms with Gasteiger partial charge < -0.3 is 19.8 Å². The minimum absolute atomic E-state index is 0.00647. The molecule has 0 atom stereocenters. The Balaban J connectivity index is 1.55. The van der Waals surface area contributed by atoms with Gasteiger partial charge in [-0.1, -0.05) is 12.1 Å². The maximum Gasteiger partial charge on any atom is 0.417 e. The highest BCUT2D eigenvalue weighted by atomic mass is 19.4. The number of hydroxylamine groups is 1. The van der Waals surface area contributed by atoms with E-state index < -0.39 is 17.6 Å². The zero-order valence-corrected chi connectivity index (χ0v) is 17.5. The van der Waals surface area contributed by atoms with E-state index >= 15 is 0 Å². The number of alkyl halides is 3. The van der Waals surface area contributed by atoms with Crippen molar-refractivity contribution in [2.24, 2.45) is 0 Å². The van der Waals surface area contributed by atoms with Crippen molar-refractivity contribution in [2.75, 3.05) is 18.5 Å². The Morgan fingerprint density at radius 1 is 0.971 bits per heavy atom. The van der Waals surface area contributed by atoms with Crippen LogP contribution in [0.1, 0.15) is 15.9 Å². The summed E-state index contributed by atoms with van der Waals surface area (Å²) in [6.07, 6.45) is -4.58. The van der Waals surface area contributed by atoms with Crippen molar-refractivity contribution in [1.82, 2.24) is 10.5 Å². The van der Waals surface area contributed by atoms with Crippen molar-refractivity contribution in [3.8, 4) is 22.6 Å². The van der Waals surface area contributed by atoms with Gasteiger partial charge in [0.15, 0.2) is 11.5 Å². The molecular weight excluding hydrogens is 451 g/mol. The number of nitrogens with one attached hydrogen (secondary N) is 3. The standard InChI is InChI=1S/C24H18F3N3O4/c25-24(26,27)18-9-15-11-22(28-16-3-1-2-14(8-16)23(31)30-32)29-19(15)12-17(18)13-4-5-20-21(10-13)34-7-6-33-20/h1-5,8-12,28-29,32H,6-7H2,(H,30,31). The molecule has 0 spiro atoms. The average molecular weight is 469 g/mol. The fourth-order valence-electron chi connectivity index (χ4n) is 3.89. The third kappa shape index (κ3) is 4.11. The number of carbonyl (C=O) groups is 1. The molecule has 1 amide bonds. The van der Waals surface area contributed by atoms with E-state index in [1.165, 1.54) is 18.2 Å². The molecule has 174 valence electrons. The first kappa shape index (κ1) is 21.7. The number of aromatic amines is 1. The van der Waals surface area contributed by atoms with Gasteiger partial charge in [-0.2, -0.15) is 13.2 Å². The fourth-order valence-corrected chi connectivity index (χ4v) is 3.89. The minimum Gasteiger partial charge on any atom is -0.486 e. The summed E-state index contributed by atoms with van der Waals surface area (Å²) in [6.45, 7) is 0.715. The number of hydrogen-bond donors (Lipinski definition) is 4. The zero-order valence-electron chi connectivity index (χ0n) is 17.5. The molecule has 0 radical (unpaired) electrons. The smallest absolute Gasteiger partial charge is 0.417 e. The van der Waals surface area contributed by atoms with Gasteiger partial charge in [-0.05, 0) is 59.7 Å². The lowest BCUT2D eigenvalue weighted by atomic mass is 9.97. The monoisotopic (exact) mass is 469 g/mol. The highest BCUT2D eigenvalue weighted by molar-refractivity contribution is 5.95. The number of halogens is 3. The van der Waals surface area contributed by atoms with Crippen LogP contribution in [0.15, 0.2) is 60.7 Å². The molecule has 0 unspecified atom stereocenters. The second-order valence-corrected chi connectivity index (χ2v) is 7.67. The first-order chi connectivity index (χ1) is 16.3. The lowest BCUT2D eigenvalue weighted by Gasteiger charge is -2.20. The van der Waals surface area contributed by atoms with Gasteiger partial charge in [0.2, 0.25) is 0 Å². The van der Waals surface area contributed by atoms with E-state index in [2.05, 4.69) is 10.3 Å². The summed E-state index contributed by atoms with van der Waals surface area (Å²) < 4.78 is 52.9. The molecular formula is C24H18F3N3O4. The van der Waals surface area contributed by atoms with Crippen molar-refractivity contribution in [3.05, 3.63) is 71.8 Å². The van der Waals surface area contributed by atoms with Crippen LogP contribution in [0, 0.1) is 0 Å². The lowest BCUT2D eigenvalue weighted by molar-refractivity contribution is -0.137. The maximum atomic E-state index is 14.0. The van der Waals surface area contributed by atoms with Gasteiger partial charge in [0, 0.05) is 22.2 Å². The predicted octanol–water partition coefficient (Wildman–Crippen LogP) is 5.49. The van der Waals surface area contributed by atoms with Crippen LogP contribution in [0.2, 0.25) is 0 Å². The molecule has 1 aliphatic rings. The number of hydrogen-bond acceptors (Lipinski definition) is 5. The first-order valence-corrected chi connectivity index (χ1v) is 10.3.